The van der Waals surface area contributed by atoms with Gasteiger partial charge in [-0.25, -0.2) is 4.79 Å². The molecule has 1 N–H and O–H groups in total. The Morgan fingerprint density at radius 3 is 2.58 bits per heavy atom. The Kier molecular flexibility index (Phi) is 4.71. The Hall–Kier alpha value is -2.53. The van der Waals surface area contributed by atoms with Gasteiger partial charge in [0.25, 0.3) is 0 Å². The average molecular weight is 342 g/mol. The molecule has 0 saturated heterocycles. The predicted molar refractivity (Wildman–Crippen MR) is 95.7 cm³/mol. The number of carbonyl (C=O) groups is 1. The van der Waals surface area contributed by atoms with Crippen molar-refractivity contribution < 1.29 is 19.4 Å². The summed E-state index contributed by atoms with van der Waals surface area (Å²) >= 11 is 1.23. The van der Waals surface area contributed by atoms with E-state index in [4.69, 9.17) is 9.47 Å². The van der Waals surface area contributed by atoms with E-state index in [0.717, 1.165) is 21.4 Å². The fourth-order valence-corrected chi connectivity index (χ4v) is 3.47. The molecule has 0 spiro atoms. The molecule has 0 fully saturated rings. The van der Waals surface area contributed by atoms with Gasteiger partial charge in [0.05, 0.1) is 0 Å². The first-order chi connectivity index (χ1) is 11.6. The first-order valence-electron chi connectivity index (χ1n) is 7.64. The number of ether oxygens (including phenoxy) is 2. The van der Waals surface area contributed by atoms with Crippen molar-refractivity contribution in [1.82, 2.24) is 0 Å². The molecule has 0 aliphatic carbocycles. The smallest absolute Gasteiger partial charge is 0.349 e. The number of aryl methyl sites for hydroxylation is 1. The van der Waals surface area contributed by atoms with Gasteiger partial charge in [-0.3, -0.25) is 0 Å². The van der Waals surface area contributed by atoms with Gasteiger partial charge in [0, 0.05) is 10.1 Å². The van der Waals surface area contributed by atoms with Crippen LogP contribution in [0.15, 0.2) is 42.5 Å². The summed E-state index contributed by atoms with van der Waals surface area (Å²) in [7, 11) is 0. The molecule has 0 atom stereocenters. The van der Waals surface area contributed by atoms with Crippen molar-refractivity contribution in [3.05, 3.63) is 58.5 Å². The minimum absolute atomic E-state index is 0.225. The van der Waals surface area contributed by atoms with Crippen LogP contribution in [0.3, 0.4) is 0 Å². The summed E-state index contributed by atoms with van der Waals surface area (Å²) < 4.78 is 12.4. The number of hydrogen-bond acceptors (Lipinski definition) is 4. The summed E-state index contributed by atoms with van der Waals surface area (Å²) in [6, 6.07) is 13.4. The third-order valence-corrected chi connectivity index (χ3v) is 5.03. The van der Waals surface area contributed by atoms with E-state index in [-0.39, 0.29) is 11.5 Å². The average Bonchev–Trinajstić information content (AvgIpc) is 2.94. The molecular formula is C19H18O4S. The number of thiophene rings is 1. The van der Waals surface area contributed by atoms with E-state index >= 15 is 0 Å². The Bertz CT molecular complexity index is 882. The lowest BCUT2D eigenvalue weighted by Crippen LogP contribution is -2.11. The van der Waals surface area contributed by atoms with Crippen LogP contribution in [0.1, 0.15) is 20.8 Å². The standard InChI is InChI=1S/C19H18O4S/c1-12-6-5-8-15(13(12)2)22-10-11-23-17-14-7-3-4-9-16(14)24-18(17)19(20)21/h3-9H,10-11H2,1-2H3,(H,20,21). The molecule has 24 heavy (non-hydrogen) atoms. The van der Waals surface area contributed by atoms with Gasteiger partial charge in [0.15, 0.2) is 10.6 Å². The lowest BCUT2D eigenvalue weighted by Gasteiger charge is -2.11. The normalized spacial score (nSPS) is 10.8. The second-order valence-corrected chi connectivity index (χ2v) is 6.51. The molecule has 0 unspecified atom stereocenters. The topological polar surface area (TPSA) is 55.8 Å². The highest BCUT2D eigenvalue weighted by molar-refractivity contribution is 7.21. The van der Waals surface area contributed by atoms with Crippen LogP contribution in [0.4, 0.5) is 0 Å². The van der Waals surface area contributed by atoms with Gasteiger partial charge in [-0.2, -0.15) is 0 Å². The van der Waals surface area contributed by atoms with Gasteiger partial charge in [0.1, 0.15) is 19.0 Å². The molecule has 0 aliphatic rings. The van der Waals surface area contributed by atoms with Crippen LogP contribution in [0.5, 0.6) is 11.5 Å². The maximum Gasteiger partial charge on any atom is 0.349 e. The highest BCUT2D eigenvalue weighted by atomic mass is 32.1. The van der Waals surface area contributed by atoms with Gasteiger partial charge in [-0.05, 0) is 43.2 Å². The van der Waals surface area contributed by atoms with Crippen LogP contribution < -0.4 is 9.47 Å². The third kappa shape index (κ3) is 3.21. The van der Waals surface area contributed by atoms with Crippen molar-refractivity contribution >= 4 is 27.4 Å². The van der Waals surface area contributed by atoms with Crippen LogP contribution in [-0.2, 0) is 0 Å². The fraction of sp³-hybridized carbons (Fsp3) is 0.211. The highest BCUT2D eigenvalue weighted by Gasteiger charge is 2.18. The van der Waals surface area contributed by atoms with Crippen LogP contribution in [0.2, 0.25) is 0 Å². The first-order valence-corrected chi connectivity index (χ1v) is 8.46. The van der Waals surface area contributed by atoms with E-state index < -0.39 is 5.97 Å². The lowest BCUT2D eigenvalue weighted by atomic mass is 10.1. The Labute approximate surface area is 144 Å². The Morgan fingerprint density at radius 1 is 1.04 bits per heavy atom. The molecule has 3 rings (SSSR count). The van der Waals surface area contributed by atoms with Gasteiger partial charge in [-0.1, -0.05) is 24.3 Å². The van der Waals surface area contributed by atoms with Gasteiger partial charge < -0.3 is 14.6 Å². The minimum atomic E-state index is -0.971. The third-order valence-electron chi connectivity index (χ3n) is 3.89. The van der Waals surface area contributed by atoms with Crippen LogP contribution in [0, 0.1) is 13.8 Å². The summed E-state index contributed by atoms with van der Waals surface area (Å²) in [6.45, 7) is 4.69. The summed E-state index contributed by atoms with van der Waals surface area (Å²) in [5.74, 6) is 0.279. The Balaban J connectivity index is 1.71. The van der Waals surface area contributed by atoms with Gasteiger partial charge >= 0.3 is 5.97 Å². The molecule has 4 nitrogen and oxygen atoms in total. The summed E-state index contributed by atoms with van der Waals surface area (Å²) in [5.41, 5.74) is 2.27. The molecule has 0 radical (unpaired) electrons. The van der Waals surface area contributed by atoms with Crippen LogP contribution in [-0.4, -0.2) is 24.3 Å². The van der Waals surface area contributed by atoms with Crippen LogP contribution in [0.25, 0.3) is 10.1 Å². The molecule has 0 saturated carbocycles. The minimum Gasteiger partial charge on any atom is -0.490 e. The first kappa shape index (κ1) is 16.3. The quantitative estimate of drug-likeness (QED) is 0.661. The molecule has 5 heteroatoms. The largest absolute Gasteiger partial charge is 0.490 e. The number of fused-ring (bicyclic) bond motifs is 1. The van der Waals surface area contributed by atoms with E-state index in [1.807, 2.05) is 56.3 Å². The summed E-state index contributed by atoms with van der Waals surface area (Å²) in [4.78, 5) is 11.7. The maximum absolute atomic E-state index is 11.4. The van der Waals surface area contributed by atoms with Crippen molar-refractivity contribution in [2.24, 2.45) is 0 Å². The molecule has 0 aliphatic heterocycles. The van der Waals surface area contributed by atoms with Crippen molar-refractivity contribution in [3.8, 4) is 11.5 Å². The SMILES string of the molecule is Cc1cccc(OCCOc2c(C(=O)O)sc3ccccc23)c1C. The molecular weight excluding hydrogens is 324 g/mol. The molecule has 1 heterocycles. The lowest BCUT2D eigenvalue weighted by molar-refractivity contribution is 0.0697. The number of rotatable bonds is 6. The van der Waals surface area contributed by atoms with Crippen molar-refractivity contribution in [2.45, 2.75) is 13.8 Å². The van der Waals surface area contributed by atoms with E-state index in [2.05, 4.69) is 0 Å². The van der Waals surface area contributed by atoms with Crippen LogP contribution >= 0.6 is 11.3 Å². The van der Waals surface area contributed by atoms with Crippen molar-refractivity contribution in [3.63, 3.8) is 0 Å². The van der Waals surface area contributed by atoms with E-state index in [0.29, 0.717) is 12.4 Å². The predicted octanol–water partition coefficient (Wildman–Crippen LogP) is 4.67. The number of aromatic carboxylic acids is 1. The molecule has 124 valence electrons. The van der Waals surface area contributed by atoms with Gasteiger partial charge in [-0.15, -0.1) is 11.3 Å². The molecule has 2 aromatic carbocycles. The number of hydrogen-bond donors (Lipinski definition) is 1. The van der Waals surface area contributed by atoms with E-state index in [1.165, 1.54) is 16.9 Å². The molecule has 0 bridgehead atoms. The number of carboxylic acid groups (broad SMARTS) is 1. The Morgan fingerprint density at radius 2 is 1.79 bits per heavy atom. The number of benzene rings is 2. The van der Waals surface area contributed by atoms with E-state index in [1.54, 1.807) is 0 Å². The second-order valence-electron chi connectivity index (χ2n) is 5.46. The molecule has 3 aromatic rings. The highest BCUT2D eigenvalue weighted by Crippen LogP contribution is 2.37. The summed E-state index contributed by atoms with van der Waals surface area (Å²) in [6.07, 6.45) is 0. The zero-order chi connectivity index (χ0) is 17.1. The molecule has 1 aromatic heterocycles. The zero-order valence-electron chi connectivity index (χ0n) is 13.5. The van der Waals surface area contributed by atoms with Gasteiger partial charge in [0.2, 0.25) is 0 Å². The molecule has 0 amide bonds. The fourth-order valence-electron chi connectivity index (χ4n) is 2.48. The number of carboxylic acids is 1. The van der Waals surface area contributed by atoms with Crippen molar-refractivity contribution in [2.75, 3.05) is 13.2 Å². The monoisotopic (exact) mass is 342 g/mol. The van der Waals surface area contributed by atoms with E-state index in [9.17, 15) is 9.90 Å². The summed E-state index contributed by atoms with van der Waals surface area (Å²) in [5, 5.41) is 10.2. The van der Waals surface area contributed by atoms with Crippen molar-refractivity contribution in [1.29, 1.82) is 0 Å². The maximum atomic E-state index is 11.4. The zero-order valence-corrected chi connectivity index (χ0v) is 14.4. The second kappa shape index (κ2) is 6.93.